The van der Waals surface area contributed by atoms with Crippen molar-refractivity contribution in [3.63, 3.8) is 0 Å². The Labute approximate surface area is 140 Å². The van der Waals surface area contributed by atoms with E-state index in [-0.39, 0.29) is 23.7 Å². The van der Waals surface area contributed by atoms with Crippen LogP contribution in [-0.2, 0) is 14.3 Å². The lowest BCUT2D eigenvalue weighted by molar-refractivity contribution is -0.155. The molecule has 1 aromatic carbocycles. The average molecular weight is 342 g/mol. The fraction of sp³-hybridized carbons (Fsp3) is 0.500. The van der Waals surface area contributed by atoms with Gasteiger partial charge in [-0.1, -0.05) is 23.7 Å². The summed E-state index contributed by atoms with van der Waals surface area (Å²) in [5, 5.41) is 0.602. The van der Waals surface area contributed by atoms with Gasteiger partial charge >= 0.3 is 5.97 Å². The zero-order valence-electron chi connectivity index (χ0n) is 13.0. The van der Waals surface area contributed by atoms with Gasteiger partial charge in [-0.15, -0.1) is 11.8 Å². The van der Waals surface area contributed by atoms with Crippen molar-refractivity contribution in [3.05, 3.63) is 34.9 Å². The van der Waals surface area contributed by atoms with Gasteiger partial charge in [0.2, 0.25) is 5.91 Å². The highest BCUT2D eigenvalue weighted by molar-refractivity contribution is 8.00. The van der Waals surface area contributed by atoms with Gasteiger partial charge in [0.05, 0.1) is 12.2 Å². The minimum atomic E-state index is -0.504. The first kappa shape index (κ1) is 17.2. The number of amides is 1. The predicted octanol–water partition coefficient (Wildman–Crippen LogP) is 3.65. The molecule has 1 aromatic rings. The summed E-state index contributed by atoms with van der Waals surface area (Å²) in [5.41, 5.74) is 0.514. The summed E-state index contributed by atoms with van der Waals surface area (Å²) in [5.74, 6) is 0.197. The molecule has 0 saturated carbocycles. The molecular weight excluding hydrogens is 322 g/mol. The molecular formula is C16H20ClNO3S. The average Bonchev–Trinajstić information content (AvgIpc) is 2.77. The van der Waals surface area contributed by atoms with Crippen LogP contribution in [0.5, 0.6) is 0 Å². The summed E-state index contributed by atoms with van der Waals surface area (Å²) >= 11 is 7.46. The first-order valence-corrected chi connectivity index (χ1v) is 8.57. The molecule has 1 aliphatic heterocycles. The molecule has 1 saturated heterocycles. The van der Waals surface area contributed by atoms with E-state index in [2.05, 4.69) is 0 Å². The van der Waals surface area contributed by atoms with Gasteiger partial charge in [-0.2, -0.15) is 0 Å². The topological polar surface area (TPSA) is 46.6 Å². The number of carbonyl (C=O) groups is 2. The number of thioether (sulfide) groups is 1. The third-order valence-electron chi connectivity index (χ3n) is 3.10. The number of rotatable bonds is 4. The van der Waals surface area contributed by atoms with E-state index < -0.39 is 5.60 Å². The van der Waals surface area contributed by atoms with E-state index in [1.54, 1.807) is 16.7 Å². The SMILES string of the molecule is CC(C)(C)OC(=O)CCN1C(=O)CSC1c1ccc(Cl)cc1. The van der Waals surface area contributed by atoms with Crippen molar-refractivity contribution in [2.45, 2.75) is 38.2 Å². The Hall–Kier alpha value is -1.20. The van der Waals surface area contributed by atoms with Crippen LogP contribution in [0.25, 0.3) is 0 Å². The Morgan fingerprint density at radius 2 is 2.00 bits per heavy atom. The van der Waals surface area contributed by atoms with Crippen LogP contribution in [0, 0.1) is 0 Å². The molecule has 1 unspecified atom stereocenters. The maximum absolute atomic E-state index is 12.0. The minimum Gasteiger partial charge on any atom is -0.460 e. The van der Waals surface area contributed by atoms with Crippen molar-refractivity contribution in [1.82, 2.24) is 4.90 Å². The second-order valence-electron chi connectivity index (χ2n) is 6.14. The summed E-state index contributed by atoms with van der Waals surface area (Å²) in [4.78, 5) is 25.6. The smallest absolute Gasteiger partial charge is 0.308 e. The summed E-state index contributed by atoms with van der Waals surface area (Å²) in [6, 6.07) is 7.46. The number of halogens is 1. The predicted molar refractivity (Wildman–Crippen MR) is 88.8 cm³/mol. The largest absolute Gasteiger partial charge is 0.460 e. The lowest BCUT2D eigenvalue weighted by Crippen LogP contribution is -2.32. The van der Waals surface area contributed by atoms with Crippen molar-refractivity contribution in [2.75, 3.05) is 12.3 Å². The Kier molecular flexibility index (Phi) is 5.40. The first-order valence-electron chi connectivity index (χ1n) is 7.15. The summed E-state index contributed by atoms with van der Waals surface area (Å²) in [6.45, 7) is 5.86. The van der Waals surface area contributed by atoms with Crippen LogP contribution >= 0.6 is 23.4 Å². The molecule has 0 N–H and O–H groups in total. The van der Waals surface area contributed by atoms with Gasteiger partial charge in [0, 0.05) is 11.6 Å². The van der Waals surface area contributed by atoms with Gasteiger partial charge in [-0.25, -0.2) is 0 Å². The van der Waals surface area contributed by atoms with E-state index in [4.69, 9.17) is 16.3 Å². The zero-order chi connectivity index (χ0) is 16.3. The van der Waals surface area contributed by atoms with Crippen molar-refractivity contribution < 1.29 is 14.3 Å². The van der Waals surface area contributed by atoms with E-state index in [1.165, 1.54) is 0 Å². The van der Waals surface area contributed by atoms with Crippen LogP contribution in [0.4, 0.5) is 0 Å². The summed E-state index contributed by atoms with van der Waals surface area (Å²) < 4.78 is 5.29. The molecule has 0 bridgehead atoms. The molecule has 4 nitrogen and oxygen atoms in total. The molecule has 0 radical (unpaired) electrons. The highest BCUT2D eigenvalue weighted by Crippen LogP contribution is 2.38. The lowest BCUT2D eigenvalue weighted by Gasteiger charge is -2.25. The standard InChI is InChI=1S/C16H20ClNO3S/c1-16(2,3)21-14(20)8-9-18-13(19)10-22-15(18)11-4-6-12(17)7-5-11/h4-7,15H,8-10H2,1-3H3. The van der Waals surface area contributed by atoms with Crippen molar-refractivity contribution in [3.8, 4) is 0 Å². The van der Waals surface area contributed by atoms with Crippen LogP contribution in [0.2, 0.25) is 5.02 Å². The number of hydrogen-bond acceptors (Lipinski definition) is 4. The molecule has 0 spiro atoms. The molecule has 1 amide bonds. The van der Waals surface area contributed by atoms with Crippen molar-refractivity contribution in [2.24, 2.45) is 0 Å². The van der Waals surface area contributed by atoms with Crippen LogP contribution in [0.15, 0.2) is 24.3 Å². The fourth-order valence-electron chi connectivity index (χ4n) is 2.20. The monoisotopic (exact) mass is 341 g/mol. The zero-order valence-corrected chi connectivity index (χ0v) is 14.5. The van der Waals surface area contributed by atoms with Crippen molar-refractivity contribution >= 4 is 35.2 Å². The number of carbonyl (C=O) groups excluding carboxylic acids is 2. The maximum Gasteiger partial charge on any atom is 0.308 e. The number of nitrogens with zero attached hydrogens (tertiary/aromatic N) is 1. The molecule has 2 rings (SSSR count). The van der Waals surface area contributed by atoms with E-state index in [0.29, 0.717) is 17.3 Å². The molecule has 0 aromatic heterocycles. The minimum absolute atomic E-state index is 0.0495. The van der Waals surface area contributed by atoms with E-state index in [1.807, 2.05) is 45.0 Å². The molecule has 1 fully saturated rings. The van der Waals surface area contributed by atoms with Crippen LogP contribution in [0.3, 0.4) is 0 Å². The lowest BCUT2D eigenvalue weighted by atomic mass is 10.2. The molecule has 1 heterocycles. The second kappa shape index (κ2) is 6.92. The second-order valence-corrected chi connectivity index (χ2v) is 7.64. The quantitative estimate of drug-likeness (QED) is 0.784. The molecule has 1 atom stereocenters. The number of hydrogen-bond donors (Lipinski definition) is 0. The molecule has 6 heteroatoms. The van der Waals surface area contributed by atoms with E-state index in [0.717, 1.165) is 5.56 Å². The maximum atomic E-state index is 12.0. The third kappa shape index (κ3) is 4.65. The van der Waals surface area contributed by atoms with Gasteiger partial charge in [0.15, 0.2) is 0 Å². The fourth-order valence-corrected chi connectivity index (χ4v) is 3.55. The van der Waals surface area contributed by atoms with Crippen LogP contribution in [-0.4, -0.2) is 34.7 Å². The highest BCUT2D eigenvalue weighted by atomic mass is 35.5. The van der Waals surface area contributed by atoms with Gasteiger partial charge in [-0.05, 0) is 38.5 Å². The van der Waals surface area contributed by atoms with Gasteiger partial charge < -0.3 is 9.64 Å². The summed E-state index contributed by atoms with van der Waals surface area (Å²) in [6.07, 6.45) is 0.202. The Bertz CT molecular complexity index is 554. The van der Waals surface area contributed by atoms with Gasteiger partial charge in [-0.3, -0.25) is 9.59 Å². The normalized spacial score (nSPS) is 18.6. The van der Waals surface area contributed by atoms with E-state index in [9.17, 15) is 9.59 Å². The number of esters is 1. The van der Waals surface area contributed by atoms with Gasteiger partial charge in [0.25, 0.3) is 0 Å². The summed E-state index contributed by atoms with van der Waals surface area (Å²) in [7, 11) is 0. The highest BCUT2D eigenvalue weighted by Gasteiger charge is 2.33. The Morgan fingerprint density at radius 3 is 2.59 bits per heavy atom. The van der Waals surface area contributed by atoms with Crippen molar-refractivity contribution in [1.29, 1.82) is 0 Å². The van der Waals surface area contributed by atoms with Gasteiger partial charge in [0.1, 0.15) is 11.0 Å². The number of ether oxygens (including phenoxy) is 1. The molecule has 1 aliphatic rings. The first-order chi connectivity index (χ1) is 10.3. The molecule has 0 aliphatic carbocycles. The van der Waals surface area contributed by atoms with Crippen LogP contribution in [0.1, 0.15) is 38.1 Å². The third-order valence-corrected chi connectivity index (χ3v) is 4.61. The van der Waals surface area contributed by atoms with E-state index >= 15 is 0 Å². The number of benzene rings is 1. The molecule has 120 valence electrons. The van der Waals surface area contributed by atoms with Crippen LogP contribution < -0.4 is 0 Å². The Balaban J connectivity index is 2.00. The Morgan fingerprint density at radius 1 is 1.36 bits per heavy atom. The molecule has 22 heavy (non-hydrogen) atoms.